The summed E-state index contributed by atoms with van der Waals surface area (Å²) in [6.45, 7) is 2.59. The standard InChI is InChI=1S/C18H16N2O2/c1-2-22-14-9-7-13(8-10-14)19-20-17-11-12-18(21)16-6-4-3-5-15(16)17/h3-12,21H,2H2,1H3/b20-19+. The molecule has 22 heavy (non-hydrogen) atoms. The van der Waals surface area contributed by atoms with Crippen LogP contribution in [-0.4, -0.2) is 11.7 Å². The first kappa shape index (κ1) is 14.1. The van der Waals surface area contributed by atoms with E-state index in [1.807, 2.05) is 55.5 Å². The van der Waals surface area contributed by atoms with E-state index in [2.05, 4.69) is 10.2 Å². The van der Waals surface area contributed by atoms with E-state index in [1.165, 1.54) is 0 Å². The van der Waals surface area contributed by atoms with Crippen LogP contribution in [-0.2, 0) is 0 Å². The molecule has 0 aliphatic heterocycles. The molecule has 4 heteroatoms. The summed E-state index contributed by atoms with van der Waals surface area (Å²) in [5.41, 5.74) is 1.47. The number of azo groups is 1. The molecule has 0 heterocycles. The van der Waals surface area contributed by atoms with Crippen molar-refractivity contribution in [2.24, 2.45) is 10.2 Å². The van der Waals surface area contributed by atoms with Gasteiger partial charge in [-0.2, -0.15) is 5.11 Å². The van der Waals surface area contributed by atoms with Crippen molar-refractivity contribution in [3.63, 3.8) is 0 Å². The molecule has 0 radical (unpaired) electrons. The van der Waals surface area contributed by atoms with Crippen molar-refractivity contribution in [3.05, 3.63) is 60.7 Å². The van der Waals surface area contributed by atoms with E-state index in [1.54, 1.807) is 12.1 Å². The first-order valence-corrected chi connectivity index (χ1v) is 7.13. The second-order valence-corrected chi connectivity index (χ2v) is 4.78. The third-order valence-corrected chi connectivity index (χ3v) is 3.30. The number of aromatic hydroxyl groups is 1. The quantitative estimate of drug-likeness (QED) is 0.658. The summed E-state index contributed by atoms with van der Waals surface area (Å²) in [6, 6.07) is 18.4. The Morgan fingerprint density at radius 2 is 1.59 bits per heavy atom. The van der Waals surface area contributed by atoms with E-state index in [9.17, 15) is 5.11 Å². The van der Waals surface area contributed by atoms with Gasteiger partial charge in [0.05, 0.1) is 18.0 Å². The Balaban J connectivity index is 1.91. The topological polar surface area (TPSA) is 54.2 Å². The Bertz CT molecular complexity index is 811. The average Bonchev–Trinajstić information content (AvgIpc) is 2.56. The van der Waals surface area contributed by atoms with Gasteiger partial charge in [-0.1, -0.05) is 24.3 Å². The molecule has 0 aliphatic carbocycles. The Kier molecular flexibility index (Phi) is 4.01. The van der Waals surface area contributed by atoms with Gasteiger partial charge in [0.15, 0.2) is 0 Å². The van der Waals surface area contributed by atoms with Crippen LogP contribution in [0.4, 0.5) is 11.4 Å². The molecule has 3 aromatic rings. The van der Waals surface area contributed by atoms with Crippen LogP contribution in [0.2, 0.25) is 0 Å². The lowest BCUT2D eigenvalue weighted by Crippen LogP contribution is -1.89. The summed E-state index contributed by atoms with van der Waals surface area (Å²) in [5.74, 6) is 1.06. The summed E-state index contributed by atoms with van der Waals surface area (Å²) in [4.78, 5) is 0. The van der Waals surface area contributed by atoms with Crippen molar-refractivity contribution in [2.75, 3.05) is 6.61 Å². The highest BCUT2D eigenvalue weighted by atomic mass is 16.5. The largest absolute Gasteiger partial charge is 0.507 e. The first-order valence-electron chi connectivity index (χ1n) is 7.13. The second kappa shape index (κ2) is 6.26. The normalized spacial score (nSPS) is 11.1. The monoisotopic (exact) mass is 292 g/mol. The van der Waals surface area contributed by atoms with Gasteiger partial charge in [-0.05, 0) is 43.3 Å². The average molecular weight is 292 g/mol. The van der Waals surface area contributed by atoms with Gasteiger partial charge in [0, 0.05) is 10.8 Å². The van der Waals surface area contributed by atoms with Crippen molar-refractivity contribution < 1.29 is 9.84 Å². The maximum absolute atomic E-state index is 9.88. The number of fused-ring (bicyclic) bond motifs is 1. The van der Waals surface area contributed by atoms with Crippen molar-refractivity contribution >= 4 is 22.1 Å². The number of phenols is 1. The minimum atomic E-state index is 0.246. The number of hydrogen-bond acceptors (Lipinski definition) is 4. The summed E-state index contributed by atoms with van der Waals surface area (Å²) >= 11 is 0. The van der Waals surface area contributed by atoms with Crippen LogP contribution in [0.1, 0.15) is 6.92 Å². The number of hydrogen-bond donors (Lipinski definition) is 1. The van der Waals surface area contributed by atoms with Crippen molar-refractivity contribution in [1.82, 2.24) is 0 Å². The van der Waals surface area contributed by atoms with E-state index >= 15 is 0 Å². The fourth-order valence-electron chi connectivity index (χ4n) is 2.24. The fraction of sp³-hybridized carbons (Fsp3) is 0.111. The Labute approximate surface area is 128 Å². The molecule has 110 valence electrons. The molecule has 0 aromatic heterocycles. The van der Waals surface area contributed by atoms with Crippen LogP contribution in [0, 0.1) is 0 Å². The third kappa shape index (κ3) is 2.91. The summed E-state index contributed by atoms with van der Waals surface area (Å²) in [6.07, 6.45) is 0. The van der Waals surface area contributed by atoms with Crippen LogP contribution in [0.25, 0.3) is 10.8 Å². The minimum absolute atomic E-state index is 0.246. The molecule has 4 nitrogen and oxygen atoms in total. The van der Waals surface area contributed by atoms with Gasteiger partial charge in [-0.15, -0.1) is 5.11 Å². The van der Waals surface area contributed by atoms with Gasteiger partial charge in [0.2, 0.25) is 0 Å². The Morgan fingerprint density at radius 3 is 2.32 bits per heavy atom. The molecule has 0 atom stereocenters. The maximum atomic E-state index is 9.88. The summed E-state index contributed by atoms with van der Waals surface area (Å²) < 4.78 is 5.39. The Morgan fingerprint density at radius 1 is 0.864 bits per heavy atom. The lowest BCUT2D eigenvalue weighted by molar-refractivity contribution is 0.340. The molecule has 3 rings (SSSR count). The highest BCUT2D eigenvalue weighted by Crippen LogP contribution is 2.33. The van der Waals surface area contributed by atoms with Crippen molar-refractivity contribution in [1.29, 1.82) is 0 Å². The van der Waals surface area contributed by atoms with Gasteiger partial charge in [0.25, 0.3) is 0 Å². The highest BCUT2D eigenvalue weighted by molar-refractivity contribution is 5.96. The number of nitrogens with zero attached hydrogens (tertiary/aromatic N) is 2. The molecular formula is C18H16N2O2. The van der Waals surface area contributed by atoms with E-state index in [4.69, 9.17) is 4.74 Å². The van der Waals surface area contributed by atoms with Crippen LogP contribution in [0.3, 0.4) is 0 Å². The van der Waals surface area contributed by atoms with Gasteiger partial charge in [-0.3, -0.25) is 0 Å². The third-order valence-electron chi connectivity index (χ3n) is 3.30. The van der Waals surface area contributed by atoms with Gasteiger partial charge >= 0.3 is 0 Å². The van der Waals surface area contributed by atoms with Crippen LogP contribution >= 0.6 is 0 Å². The SMILES string of the molecule is CCOc1ccc(/N=N/c2ccc(O)c3ccccc23)cc1. The summed E-state index contributed by atoms with van der Waals surface area (Å²) in [5, 5.41) is 20.1. The molecule has 0 saturated carbocycles. The number of benzene rings is 3. The second-order valence-electron chi connectivity index (χ2n) is 4.78. The number of phenolic OH excluding ortho intramolecular Hbond substituents is 1. The molecule has 0 amide bonds. The minimum Gasteiger partial charge on any atom is -0.507 e. The van der Waals surface area contributed by atoms with Crippen LogP contribution < -0.4 is 4.74 Å². The van der Waals surface area contributed by atoms with Crippen LogP contribution in [0.15, 0.2) is 70.9 Å². The molecule has 0 unspecified atom stereocenters. The smallest absolute Gasteiger partial charge is 0.123 e. The van der Waals surface area contributed by atoms with Gasteiger partial charge < -0.3 is 9.84 Å². The molecular weight excluding hydrogens is 276 g/mol. The first-order chi connectivity index (χ1) is 10.8. The molecule has 0 bridgehead atoms. The van der Waals surface area contributed by atoms with E-state index in [-0.39, 0.29) is 5.75 Å². The predicted molar refractivity (Wildman–Crippen MR) is 87.4 cm³/mol. The number of ether oxygens (including phenoxy) is 1. The fourth-order valence-corrected chi connectivity index (χ4v) is 2.24. The molecule has 0 fully saturated rings. The van der Waals surface area contributed by atoms with E-state index < -0.39 is 0 Å². The summed E-state index contributed by atoms with van der Waals surface area (Å²) in [7, 11) is 0. The molecule has 1 N–H and O–H groups in total. The maximum Gasteiger partial charge on any atom is 0.123 e. The highest BCUT2D eigenvalue weighted by Gasteiger charge is 2.03. The Hall–Kier alpha value is -2.88. The van der Waals surface area contributed by atoms with Crippen molar-refractivity contribution in [2.45, 2.75) is 6.92 Å². The van der Waals surface area contributed by atoms with Gasteiger partial charge in [-0.25, -0.2) is 0 Å². The zero-order valence-electron chi connectivity index (χ0n) is 12.2. The van der Waals surface area contributed by atoms with Crippen LogP contribution in [0.5, 0.6) is 11.5 Å². The van der Waals surface area contributed by atoms with Gasteiger partial charge in [0.1, 0.15) is 11.5 Å². The zero-order valence-corrected chi connectivity index (χ0v) is 12.2. The molecule has 0 saturated heterocycles. The molecule has 0 aliphatic rings. The predicted octanol–water partition coefficient (Wildman–Crippen LogP) is 5.36. The zero-order chi connectivity index (χ0) is 15.4. The number of rotatable bonds is 4. The lowest BCUT2D eigenvalue weighted by atomic mass is 10.1. The van der Waals surface area contributed by atoms with E-state index in [0.29, 0.717) is 6.61 Å². The van der Waals surface area contributed by atoms with E-state index in [0.717, 1.165) is 27.9 Å². The lowest BCUT2D eigenvalue weighted by Gasteiger charge is -2.04. The molecule has 3 aromatic carbocycles. The van der Waals surface area contributed by atoms with Crippen molar-refractivity contribution in [3.8, 4) is 11.5 Å². The molecule has 0 spiro atoms.